The van der Waals surface area contributed by atoms with Gasteiger partial charge in [0.1, 0.15) is 0 Å². The van der Waals surface area contributed by atoms with Crippen LogP contribution in [0.1, 0.15) is 47.2 Å². The summed E-state index contributed by atoms with van der Waals surface area (Å²) in [4.78, 5) is 43.5. The first-order chi connectivity index (χ1) is 15.1. The molecule has 0 N–H and O–H groups in total. The van der Waals surface area contributed by atoms with Crippen molar-refractivity contribution >= 4 is 17.6 Å². The second-order valence-electron chi connectivity index (χ2n) is 8.76. The second kappa shape index (κ2) is 10.4. The highest BCUT2D eigenvalue weighted by Crippen LogP contribution is 2.23. The van der Waals surface area contributed by atoms with Crippen molar-refractivity contribution in [3.63, 3.8) is 0 Å². The highest BCUT2D eigenvalue weighted by atomic mass is 16.5. The lowest BCUT2D eigenvalue weighted by Gasteiger charge is -2.36. The lowest BCUT2D eigenvalue weighted by Crippen LogP contribution is -2.53. The number of ether oxygens (including phenoxy) is 1. The largest absolute Gasteiger partial charge is 0.379 e. The molecule has 168 valence electrons. The summed E-state index contributed by atoms with van der Waals surface area (Å²) in [5.74, 6) is 0.171. The van der Waals surface area contributed by atoms with E-state index in [-0.39, 0.29) is 30.4 Å². The molecule has 4 rings (SSSR count). The van der Waals surface area contributed by atoms with E-state index in [1.54, 1.807) is 4.90 Å². The highest BCUT2D eigenvalue weighted by molar-refractivity contribution is 5.98. The van der Waals surface area contributed by atoms with Crippen LogP contribution in [-0.4, -0.2) is 91.3 Å². The SMILES string of the molecule is O=C(CCC(=O)N1CCN(C(=O)CN2CCOCC2)CC1)c1ccc2c(c1)CCCC2. The number of nitrogens with zero attached hydrogens (tertiary/aromatic N) is 3. The van der Waals surface area contributed by atoms with Crippen LogP contribution in [0.15, 0.2) is 18.2 Å². The molecular weight excluding hydrogens is 394 g/mol. The third-order valence-electron chi connectivity index (χ3n) is 6.68. The van der Waals surface area contributed by atoms with Crippen LogP contribution >= 0.6 is 0 Å². The normalized spacial score (nSPS) is 19.7. The number of amides is 2. The van der Waals surface area contributed by atoms with Gasteiger partial charge in [0.25, 0.3) is 0 Å². The van der Waals surface area contributed by atoms with Gasteiger partial charge in [0.05, 0.1) is 19.8 Å². The van der Waals surface area contributed by atoms with Crippen LogP contribution in [0.3, 0.4) is 0 Å². The number of carbonyl (C=O) groups excluding carboxylic acids is 3. The van der Waals surface area contributed by atoms with Gasteiger partial charge in [-0.1, -0.05) is 12.1 Å². The molecule has 0 unspecified atom stereocenters. The number of rotatable bonds is 6. The number of hydrogen-bond acceptors (Lipinski definition) is 5. The molecule has 0 spiro atoms. The minimum absolute atomic E-state index is 0.00610. The van der Waals surface area contributed by atoms with Crippen LogP contribution in [0.25, 0.3) is 0 Å². The fourth-order valence-electron chi connectivity index (χ4n) is 4.69. The molecule has 2 fully saturated rings. The Morgan fingerprint density at radius 2 is 1.42 bits per heavy atom. The first-order valence-electron chi connectivity index (χ1n) is 11.6. The number of benzene rings is 1. The summed E-state index contributed by atoms with van der Waals surface area (Å²) in [5.41, 5.74) is 3.38. The van der Waals surface area contributed by atoms with E-state index in [2.05, 4.69) is 11.0 Å². The zero-order chi connectivity index (χ0) is 21.6. The Labute approximate surface area is 184 Å². The quantitative estimate of drug-likeness (QED) is 0.644. The Hall–Kier alpha value is -2.25. The van der Waals surface area contributed by atoms with E-state index in [0.29, 0.717) is 45.9 Å². The third kappa shape index (κ3) is 5.71. The number of hydrogen-bond donors (Lipinski definition) is 0. The van der Waals surface area contributed by atoms with Gasteiger partial charge >= 0.3 is 0 Å². The molecule has 0 aromatic heterocycles. The average Bonchev–Trinajstić information content (AvgIpc) is 2.82. The summed E-state index contributed by atoms with van der Waals surface area (Å²) >= 11 is 0. The third-order valence-corrected chi connectivity index (χ3v) is 6.68. The summed E-state index contributed by atoms with van der Waals surface area (Å²) in [6.45, 7) is 5.58. The number of piperazine rings is 1. The highest BCUT2D eigenvalue weighted by Gasteiger charge is 2.26. The van der Waals surface area contributed by atoms with Crippen molar-refractivity contribution in [2.75, 3.05) is 59.0 Å². The summed E-state index contributed by atoms with van der Waals surface area (Å²) < 4.78 is 5.32. The van der Waals surface area contributed by atoms with Crippen molar-refractivity contribution in [2.45, 2.75) is 38.5 Å². The monoisotopic (exact) mass is 427 g/mol. The average molecular weight is 428 g/mol. The maximum absolute atomic E-state index is 12.6. The Bertz CT molecular complexity index is 811. The summed E-state index contributed by atoms with van der Waals surface area (Å²) in [5, 5.41) is 0. The Morgan fingerprint density at radius 3 is 2.13 bits per heavy atom. The van der Waals surface area contributed by atoms with E-state index in [9.17, 15) is 14.4 Å². The number of Topliss-reactive ketones (excluding diaryl/α,β-unsaturated/α-hetero) is 1. The minimum atomic E-state index is 0.00610. The lowest BCUT2D eigenvalue weighted by molar-refractivity contribution is -0.140. The van der Waals surface area contributed by atoms with Crippen LogP contribution in [0.5, 0.6) is 0 Å². The molecule has 2 saturated heterocycles. The van der Waals surface area contributed by atoms with Crippen molar-refractivity contribution in [1.82, 2.24) is 14.7 Å². The minimum Gasteiger partial charge on any atom is -0.379 e. The molecule has 0 saturated carbocycles. The van der Waals surface area contributed by atoms with Crippen molar-refractivity contribution < 1.29 is 19.1 Å². The van der Waals surface area contributed by atoms with Gasteiger partial charge in [-0.2, -0.15) is 0 Å². The fraction of sp³-hybridized carbons (Fsp3) is 0.625. The van der Waals surface area contributed by atoms with Gasteiger partial charge in [-0.05, 0) is 42.9 Å². The van der Waals surface area contributed by atoms with E-state index in [4.69, 9.17) is 4.74 Å². The summed E-state index contributed by atoms with van der Waals surface area (Å²) in [6.07, 6.45) is 5.03. The van der Waals surface area contributed by atoms with E-state index >= 15 is 0 Å². The Balaban J connectivity index is 1.20. The van der Waals surface area contributed by atoms with Crippen molar-refractivity contribution in [3.8, 4) is 0 Å². The maximum atomic E-state index is 12.6. The topological polar surface area (TPSA) is 70.2 Å². The van der Waals surface area contributed by atoms with Gasteiger partial charge < -0.3 is 14.5 Å². The van der Waals surface area contributed by atoms with Crippen molar-refractivity contribution in [3.05, 3.63) is 34.9 Å². The molecule has 2 amide bonds. The zero-order valence-electron chi connectivity index (χ0n) is 18.3. The first-order valence-corrected chi connectivity index (χ1v) is 11.6. The molecule has 2 heterocycles. The summed E-state index contributed by atoms with van der Waals surface area (Å²) in [7, 11) is 0. The molecular formula is C24H33N3O4. The number of fused-ring (bicyclic) bond motifs is 1. The van der Waals surface area contributed by atoms with E-state index in [1.807, 2.05) is 17.0 Å². The van der Waals surface area contributed by atoms with Gasteiger partial charge in [-0.3, -0.25) is 19.3 Å². The molecule has 1 aromatic rings. The Kier molecular flexibility index (Phi) is 7.35. The molecule has 1 aliphatic carbocycles. The fourth-order valence-corrected chi connectivity index (χ4v) is 4.69. The molecule has 7 nitrogen and oxygen atoms in total. The van der Waals surface area contributed by atoms with E-state index in [0.717, 1.165) is 31.5 Å². The lowest BCUT2D eigenvalue weighted by atomic mass is 9.89. The van der Waals surface area contributed by atoms with Gasteiger partial charge in [0.15, 0.2) is 5.78 Å². The predicted octanol–water partition coefficient (Wildman–Crippen LogP) is 1.53. The van der Waals surface area contributed by atoms with Gasteiger partial charge in [0, 0.05) is 57.7 Å². The number of morpholine rings is 1. The molecule has 3 aliphatic rings. The number of ketones is 1. The molecule has 1 aromatic carbocycles. The van der Waals surface area contributed by atoms with Gasteiger partial charge in [-0.25, -0.2) is 0 Å². The number of carbonyl (C=O) groups is 3. The van der Waals surface area contributed by atoms with Crippen LogP contribution < -0.4 is 0 Å². The van der Waals surface area contributed by atoms with Crippen LogP contribution in [0, 0.1) is 0 Å². The zero-order valence-corrected chi connectivity index (χ0v) is 18.3. The molecule has 0 radical (unpaired) electrons. The smallest absolute Gasteiger partial charge is 0.236 e. The molecule has 31 heavy (non-hydrogen) atoms. The predicted molar refractivity (Wildman–Crippen MR) is 117 cm³/mol. The first kappa shape index (κ1) is 22.0. The maximum Gasteiger partial charge on any atom is 0.236 e. The van der Waals surface area contributed by atoms with Crippen LogP contribution in [0.2, 0.25) is 0 Å². The van der Waals surface area contributed by atoms with Crippen LogP contribution in [0.4, 0.5) is 0 Å². The van der Waals surface area contributed by atoms with Gasteiger partial charge in [0.2, 0.25) is 11.8 Å². The van der Waals surface area contributed by atoms with Crippen molar-refractivity contribution in [2.24, 2.45) is 0 Å². The van der Waals surface area contributed by atoms with Gasteiger partial charge in [-0.15, -0.1) is 0 Å². The second-order valence-corrected chi connectivity index (χ2v) is 8.76. The summed E-state index contributed by atoms with van der Waals surface area (Å²) in [6, 6.07) is 6.02. The van der Waals surface area contributed by atoms with Crippen molar-refractivity contribution in [1.29, 1.82) is 0 Å². The standard InChI is InChI=1S/C24H33N3O4/c28-22(21-6-5-19-3-1-2-4-20(19)17-21)7-8-23(29)26-9-11-27(12-10-26)24(30)18-25-13-15-31-16-14-25/h5-6,17H,1-4,7-16,18H2. The molecule has 0 bridgehead atoms. The number of aryl methyl sites for hydroxylation is 2. The van der Waals surface area contributed by atoms with Crippen LogP contribution in [-0.2, 0) is 27.2 Å². The molecule has 2 aliphatic heterocycles. The Morgan fingerprint density at radius 1 is 0.774 bits per heavy atom. The molecule has 7 heteroatoms. The van der Waals surface area contributed by atoms with E-state index in [1.165, 1.54) is 24.0 Å². The van der Waals surface area contributed by atoms with E-state index < -0.39 is 0 Å². The molecule has 0 atom stereocenters.